The van der Waals surface area contributed by atoms with Gasteiger partial charge in [-0.1, -0.05) is 63.2 Å². The number of likely N-dealkylation sites (N-methyl/N-ethyl adjacent to an activating group) is 2. The number of hydrogen-bond donors (Lipinski definition) is 2. The molecule has 0 aliphatic rings. The molecule has 6 nitrogen and oxygen atoms in total. The van der Waals surface area contributed by atoms with Gasteiger partial charge >= 0.3 is 0 Å². The van der Waals surface area contributed by atoms with Gasteiger partial charge in [-0.05, 0) is 42.1 Å². The molecule has 2 aromatic rings. The summed E-state index contributed by atoms with van der Waals surface area (Å²) in [6, 6.07) is 14.6. The zero-order valence-electron chi connectivity index (χ0n) is 19.4. The molecule has 0 aliphatic carbocycles. The van der Waals surface area contributed by atoms with Crippen LogP contribution >= 0.6 is 0 Å². The second-order valence-corrected chi connectivity index (χ2v) is 9.03. The Hall–Kier alpha value is -2.86. The highest BCUT2D eigenvalue weighted by molar-refractivity contribution is 5.89. The van der Waals surface area contributed by atoms with Crippen molar-refractivity contribution in [3.63, 3.8) is 0 Å². The van der Waals surface area contributed by atoms with Crippen molar-refractivity contribution in [1.82, 2.24) is 10.2 Å². The standard InChI is InChI=1S/C25H35N3O3/c1-17-14-19(12-13-21(17)31-16-18-10-8-7-9-11-18)15-20(23(26)29)28(6)24(30)22(27-5)25(2,3)4/h7-14,20,22,27H,15-16H2,1-6H3,(H2,26,29)/t20-,22+/m0/s1. The molecule has 2 rings (SSSR count). The number of aryl methyl sites for hydroxylation is 1. The topological polar surface area (TPSA) is 84.7 Å². The molecular formula is C25H35N3O3. The second-order valence-electron chi connectivity index (χ2n) is 9.03. The fourth-order valence-electron chi connectivity index (χ4n) is 3.67. The van der Waals surface area contributed by atoms with Crippen LogP contribution in [-0.2, 0) is 22.6 Å². The van der Waals surface area contributed by atoms with Crippen LogP contribution in [0.3, 0.4) is 0 Å². The molecular weight excluding hydrogens is 390 g/mol. The Bertz CT molecular complexity index is 891. The number of nitrogens with one attached hydrogen (secondary N) is 1. The van der Waals surface area contributed by atoms with Crippen LogP contribution < -0.4 is 15.8 Å². The molecule has 0 saturated carbocycles. The third-order valence-corrected chi connectivity index (χ3v) is 5.45. The Kier molecular flexibility index (Phi) is 8.22. The van der Waals surface area contributed by atoms with E-state index in [1.165, 1.54) is 4.90 Å². The van der Waals surface area contributed by atoms with Gasteiger partial charge in [0.05, 0.1) is 6.04 Å². The quantitative estimate of drug-likeness (QED) is 0.647. The van der Waals surface area contributed by atoms with Gasteiger partial charge in [-0.3, -0.25) is 9.59 Å². The molecule has 2 amide bonds. The van der Waals surface area contributed by atoms with Crippen LogP contribution in [0.1, 0.15) is 37.5 Å². The normalized spacial score (nSPS) is 13.4. The Morgan fingerprint density at radius 2 is 1.74 bits per heavy atom. The highest BCUT2D eigenvalue weighted by Crippen LogP contribution is 2.24. The first kappa shape index (κ1) is 24.4. The molecule has 3 N–H and O–H groups in total. The van der Waals surface area contributed by atoms with Crippen molar-refractivity contribution >= 4 is 11.8 Å². The lowest BCUT2D eigenvalue weighted by molar-refractivity contribution is -0.141. The van der Waals surface area contributed by atoms with Crippen molar-refractivity contribution in [2.45, 2.75) is 52.8 Å². The second kappa shape index (κ2) is 10.4. The summed E-state index contributed by atoms with van der Waals surface area (Å²) in [5.41, 5.74) is 8.36. The van der Waals surface area contributed by atoms with E-state index >= 15 is 0 Å². The van der Waals surface area contributed by atoms with E-state index in [2.05, 4.69) is 5.32 Å². The number of hydrogen-bond acceptors (Lipinski definition) is 4. The molecule has 2 aromatic carbocycles. The van der Waals surface area contributed by atoms with Gasteiger partial charge in [0.25, 0.3) is 0 Å². The number of primary amides is 1. The van der Waals surface area contributed by atoms with Crippen molar-refractivity contribution in [1.29, 1.82) is 0 Å². The van der Waals surface area contributed by atoms with E-state index in [9.17, 15) is 9.59 Å². The van der Waals surface area contributed by atoms with Gasteiger partial charge in [-0.2, -0.15) is 0 Å². The number of nitrogens with zero attached hydrogens (tertiary/aromatic N) is 1. The average Bonchev–Trinajstić information content (AvgIpc) is 2.70. The minimum atomic E-state index is -0.735. The smallest absolute Gasteiger partial charge is 0.240 e. The molecule has 0 radical (unpaired) electrons. The lowest BCUT2D eigenvalue weighted by Gasteiger charge is -2.35. The summed E-state index contributed by atoms with van der Waals surface area (Å²) in [5, 5.41) is 3.06. The third-order valence-electron chi connectivity index (χ3n) is 5.45. The molecule has 0 fully saturated rings. The van der Waals surface area contributed by atoms with Crippen molar-refractivity contribution in [2.24, 2.45) is 11.1 Å². The number of ether oxygens (including phenoxy) is 1. The lowest BCUT2D eigenvalue weighted by atomic mass is 9.85. The first-order valence-corrected chi connectivity index (χ1v) is 10.5. The van der Waals surface area contributed by atoms with Gasteiger partial charge < -0.3 is 20.7 Å². The fraction of sp³-hybridized carbons (Fsp3) is 0.440. The number of benzene rings is 2. The summed E-state index contributed by atoms with van der Waals surface area (Å²) in [6.45, 7) is 8.40. The highest BCUT2D eigenvalue weighted by Gasteiger charge is 2.35. The van der Waals surface area contributed by atoms with E-state index in [-0.39, 0.29) is 11.3 Å². The summed E-state index contributed by atoms with van der Waals surface area (Å²) in [7, 11) is 3.39. The van der Waals surface area contributed by atoms with Gasteiger partial charge in [0.15, 0.2) is 0 Å². The van der Waals surface area contributed by atoms with E-state index in [4.69, 9.17) is 10.5 Å². The van der Waals surface area contributed by atoms with Crippen molar-refractivity contribution < 1.29 is 14.3 Å². The molecule has 0 aliphatic heterocycles. The maximum Gasteiger partial charge on any atom is 0.240 e. The SMILES string of the molecule is CN[C@H](C(=O)N(C)[C@@H](Cc1ccc(OCc2ccccc2)c(C)c1)C(N)=O)C(C)(C)C. The highest BCUT2D eigenvalue weighted by atomic mass is 16.5. The number of nitrogens with two attached hydrogens (primary N) is 1. The minimum Gasteiger partial charge on any atom is -0.489 e. The maximum absolute atomic E-state index is 13.0. The zero-order valence-corrected chi connectivity index (χ0v) is 19.4. The van der Waals surface area contributed by atoms with Gasteiger partial charge in [0, 0.05) is 13.5 Å². The van der Waals surface area contributed by atoms with Gasteiger partial charge in [-0.25, -0.2) is 0 Å². The van der Waals surface area contributed by atoms with Crippen LogP contribution in [0, 0.1) is 12.3 Å². The van der Waals surface area contributed by atoms with Crippen molar-refractivity contribution in [3.8, 4) is 5.75 Å². The summed E-state index contributed by atoms with van der Waals surface area (Å²) < 4.78 is 5.93. The molecule has 0 bridgehead atoms. The lowest BCUT2D eigenvalue weighted by Crippen LogP contribution is -2.56. The third kappa shape index (κ3) is 6.56. The Labute approximate surface area is 185 Å². The monoisotopic (exact) mass is 425 g/mol. The van der Waals surface area contributed by atoms with E-state index in [0.717, 1.165) is 22.4 Å². The summed E-state index contributed by atoms with van der Waals surface area (Å²) in [6.07, 6.45) is 0.345. The van der Waals surface area contributed by atoms with Gasteiger partial charge in [0.1, 0.15) is 18.4 Å². The van der Waals surface area contributed by atoms with Crippen LogP contribution in [0.25, 0.3) is 0 Å². The number of carbonyl (C=O) groups excluding carboxylic acids is 2. The predicted molar refractivity (Wildman–Crippen MR) is 124 cm³/mol. The largest absolute Gasteiger partial charge is 0.489 e. The summed E-state index contributed by atoms with van der Waals surface area (Å²) in [4.78, 5) is 26.7. The molecule has 0 unspecified atom stereocenters. The number of rotatable bonds is 9. The molecule has 31 heavy (non-hydrogen) atoms. The Morgan fingerprint density at radius 1 is 1.10 bits per heavy atom. The van der Waals surface area contributed by atoms with Crippen molar-refractivity contribution in [3.05, 3.63) is 65.2 Å². The maximum atomic E-state index is 13.0. The number of carbonyl (C=O) groups is 2. The Balaban J connectivity index is 2.13. The average molecular weight is 426 g/mol. The first-order chi connectivity index (χ1) is 14.5. The Morgan fingerprint density at radius 3 is 2.26 bits per heavy atom. The van der Waals surface area contributed by atoms with Crippen LogP contribution in [0.15, 0.2) is 48.5 Å². The molecule has 0 saturated heterocycles. The molecule has 0 heterocycles. The fourth-order valence-corrected chi connectivity index (χ4v) is 3.67. The summed E-state index contributed by atoms with van der Waals surface area (Å²) in [5.74, 6) is 0.107. The van der Waals surface area contributed by atoms with Crippen LogP contribution in [0.4, 0.5) is 0 Å². The van der Waals surface area contributed by atoms with Crippen LogP contribution in [0.2, 0.25) is 0 Å². The molecule has 2 atom stereocenters. The zero-order chi connectivity index (χ0) is 23.2. The minimum absolute atomic E-state index is 0.154. The van der Waals surface area contributed by atoms with E-state index in [0.29, 0.717) is 13.0 Å². The molecule has 168 valence electrons. The predicted octanol–water partition coefficient (Wildman–Crippen LogP) is 3.06. The number of amides is 2. The van der Waals surface area contributed by atoms with Crippen molar-refractivity contribution in [2.75, 3.05) is 14.1 Å². The van der Waals surface area contributed by atoms with E-state index < -0.39 is 18.0 Å². The molecule has 0 spiro atoms. The molecule has 0 aromatic heterocycles. The molecule has 6 heteroatoms. The van der Waals surface area contributed by atoms with Crippen LogP contribution in [0.5, 0.6) is 5.75 Å². The van der Waals surface area contributed by atoms with Gasteiger partial charge in [-0.15, -0.1) is 0 Å². The summed E-state index contributed by atoms with van der Waals surface area (Å²) >= 11 is 0. The van der Waals surface area contributed by atoms with Gasteiger partial charge in [0.2, 0.25) is 11.8 Å². The van der Waals surface area contributed by atoms with E-state index in [1.807, 2.05) is 76.2 Å². The van der Waals surface area contributed by atoms with Crippen LogP contribution in [-0.4, -0.2) is 42.9 Å². The van der Waals surface area contributed by atoms with E-state index in [1.54, 1.807) is 14.1 Å². The first-order valence-electron chi connectivity index (χ1n) is 10.5.